The van der Waals surface area contributed by atoms with Gasteiger partial charge < -0.3 is 20.1 Å². The third kappa shape index (κ3) is 5.34. The molecule has 0 aliphatic heterocycles. The number of ether oxygens (including phenoxy) is 2. The predicted molar refractivity (Wildman–Crippen MR) is 101 cm³/mol. The molecular formula is C19H26N4O3. The van der Waals surface area contributed by atoms with Crippen molar-refractivity contribution in [1.82, 2.24) is 15.3 Å². The highest BCUT2D eigenvalue weighted by molar-refractivity contribution is 5.92. The van der Waals surface area contributed by atoms with Crippen molar-refractivity contribution < 1.29 is 14.3 Å². The highest BCUT2D eigenvalue weighted by Crippen LogP contribution is 2.27. The van der Waals surface area contributed by atoms with Gasteiger partial charge in [0.2, 0.25) is 0 Å². The van der Waals surface area contributed by atoms with E-state index in [0.717, 1.165) is 5.56 Å². The summed E-state index contributed by atoms with van der Waals surface area (Å²) in [7, 11) is 3.16. The van der Waals surface area contributed by atoms with Gasteiger partial charge in [-0.2, -0.15) is 0 Å². The Morgan fingerprint density at radius 2 is 1.77 bits per heavy atom. The van der Waals surface area contributed by atoms with E-state index >= 15 is 0 Å². The van der Waals surface area contributed by atoms with Crippen molar-refractivity contribution in [2.75, 3.05) is 19.5 Å². The van der Waals surface area contributed by atoms with Gasteiger partial charge in [-0.3, -0.25) is 4.79 Å². The smallest absolute Gasteiger partial charge is 0.270 e. The Kier molecular flexibility index (Phi) is 6.02. The Hall–Kier alpha value is -2.83. The number of benzene rings is 1. The number of carbonyl (C=O) groups is 1. The Morgan fingerprint density at radius 1 is 1.08 bits per heavy atom. The average molecular weight is 358 g/mol. The highest BCUT2D eigenvalue weighted by Gasteiger charge is 2.15. The zero-order valence-electron chi connectivity index (χ0n) is 16.1. The van der Waals surface area contributed by atoms with E-state index in [9.17, 15) is 4.79 Å². The van der Waals surface area contributed by atoms with Crippen LogP contribution in [0.1, 0.15) is 42.6 Å². The van der Waals surface area contributed by atoms with Crippen LogP contribution in [0.25, 0.3) is 0 Å². The molecule has 140 valence electrons. The van der Waals surface area contributed by atoms with Gasteiger partial charge in [-0.25, -0.2) is 9.97 Å². The molecule has 0 aliphatic rings. The number of nitrogens with zero attached hydrogens (tertiary/aromatic N) is 2. The van der Waals surface area contributed by atoms with Gasteiger partial charge in [-0.15, -0.1) is 0 Å². The fourth-order valence-electron chi connectivity index (χ4n) is 2.40. The van der Waals surface area contributed by atoms with Crippen LogP contribution in [0.2, 0.25) is 0 Å². The fourth-order valence-corrected chi connectivity index (χ4v) is 2.40. The molecule has 0 aliphatic carbocycles. The van der Waals surface area contributed by atoms with Gasteiger partial charge in [-0.1, -0.05) is 6.07 Å². The fraction of sp³-hybridized carbons (Fsp3) is 0.421. The maximum Gasteiger partial charge on any atom is 0.270 e. The number of hydrogen-bond acceptors (Lipinski definition) is 6. The second kappa shape index (κ2) is 8.03. The zero-order valence-corrected chi connectivity index (χ0v) is 16.1. The van der Waals surface area contributed by atoms with E-state index in [-0.39, 0.29) is 11.4 Å². The lowest BCUT2D eigenvalue weighted by atomic mass is 10.1. The van der Waals surface area contributed by atoms with Crippen LogP contribution in [0.15, 0.2) is 24.3 Å². The maximum absolute atomic E-state index is 12.5. The van der Waals surface area contributed by atoms with Crippen molar-refractivity contribution in [2.45, 2.75) is 39.8 Å². The van der Waals surface area contributed by atoms with Gasteiger partial charge in [0.1, 0.15) is 17.3 Å². The van der Waals surface area contributed by atoms with Crippen LogP contribution in [0.3, 0.4) is 0 Å². The van der Waals surface area contributed by atoms with Crippen LogP contribution in [0, 0.1) is 6.92 Å². The molecule has 1 aromatic heterocycles. The second-order valence-corrected chi connectivity index (χ2v) is 6.93. The van der Waals surface area contributed by atoms with Gasteiger partial charge in [0.15, 0.2) is 11.5 Å². The van der Waals surface area contributed by atoms with E-state index < -0.39 is 0 Å². The van der Waals surface area contributed by atoms with Crippen LogP contribution in [0.4, 0.5) is 5.82 Å². The number of hydrogen-bond donors (Lipinski definition) is 2. The molecule has 1 amide bonds. The molecule has 0 spiro atoms. The molecule has 2 rings (SSSR count). The number of aryl methyl sites for hydroxylation is 1. The molecule has 0 saturated heterocycles. The molecule has 2 N–H and O–H groups in total. The summed E-state index contributed by atoms with van der Waals surface area (Å²) in [6, 6.07) is 7.17. The molecule has 0 fully saturated rings. The lowest BCUT2D eigenvalue weighted by Crippen LogP contribution is -2.28. The quantitative estimate of drug-likeness (QED) is 0.826. The topological polar surface area (TPSA) is 85.4 Å². The second-order valence-electron chi connectivity index (χ2n) is 6.93. The SMILES string of the molecule is COc1ccc(CNC(=O)c2cc(NC(C)(C)C)nc(C)n2)cc1OC. The molecule has 7 nitrogen and oxygen atoms in total. The van der Waals surface area contributed by atoms with Gasteiger partial charge in [0.25, 0.3) is 5.91 Å². The van der Waals surface area contributed by atoms with Crippen LogP contribution in [-0.2, 0) is 6.54 Å². The molecule has 26 heavy (non-hydrogen) atoms. The number of rotatable bonds is 6. The molecule has 0 bridgehead atoms. The Morgan fingerprint density at radius 3 is 2.38 bits per heavy atom. The number of nitrogens with one attached hydrogen (secondary N) is 2. The van der Waals surface area contributed by atoms with Gasteiger partial charge >= 0.3 is 0 Å². The molecule has 7 heteroatoms. The van der Waals surface area contributed by atoms with Crippen LogP contribution < -0.4 is 20.1 Å². The van der Waals surface area contributed by atoms with Crippen molar-refractivity contribution in [3.05, 3.63) is 41.3 Å². The lowest BCUT2D eigenvalue weighted by Gasteiger charge is -2.21. The Balaban J connectivity index is 2.10. The molecule has 1 heterocycles. The van der Waals surface area contributed by atoms with Crippen LogP contribution in [-0.4, -0.2) is 35.6 Å². The molecule has 0 atom stereocenters. The first-order valence-electron chi connectivity index (χ1n) is 8.35. The van der Waals surface area contributed by atoms with Crippen molar-refractivity contribution in [3.63, 3.8) is 0 Å². The first kappa shape index (κ1) is 19.5. The third-order valence-corrected chi connectivity index (χ3v) is 3.47. The van der Waals surface area contributed by atoms with E-state index in [1.807, 2.05) is 32.9 Å². The minimum Gasteiger partial charge on any atom is -0.493 e. The maximum atomic E-state index is 12.5. The predicted octanol–water partition coefficient (Wildman–Crippen LogP) is 2.94. The summed E-state index contributed by atoms with van der Waals surface area (Å²) in [6.45, 7) is 8.20. The van der Waals surface area contributed by atoms with E-state index in [0.29, 0.717) is 35.4 Å². The lowest BCUT2D eigenvalue weighted by molar-refractivity contribution is 0.0945. The number of aromatic nitrogens is 2. The standard InChI is InChI=1S/C19H26N4O3/c1-12-21-14(10-17(22-12)23-19(2,3)4)18(24)20-11-13-7-8-15(25-5)16(9-13)26-6/h7-10H,11H2,1-6H3,(H,20,24)(H,21,22,23). The molecule has 0 radical (unpaired) electrons. The minimum absolute atomic E-state index is 0.159. The van der Waals surface area contributed by atoms with E-state index in [2.05, 4.69) is 20.6 Å². The molecule has 2 aromatic rings. The monoisotopic (exact) mass is 358 g/mol. The first-order valence-corrected chi connectivity index (χ1v) is 8.35. The van der Waals surface area contributed by atoms with Crippen molar-refractivity contribution in [2.24, 2.45) is 0 Å². The van der Waals surface area contributed by atoms with Crippen LogP contribution >= 0.6 is 0 Å². The highest BCUT2D eigenvalue weighted by atomic mass is 16.5. The summed E-state index contributed by atoms with van der Waals surface area (Å²) in [6.07, 6.45) is 0. The molecule has 0 saturated carbocycles. The van der Waals surface area contributed by atoms with Gasteiger partial charge in [-0.05, 0) is 45.4 Å². The van der Waals surface area contributed by atoms with Crippen molar-refractivity contribution >= 4 is 11.7 Å². The third-order valence-electron chi connectivity index (χ3n) is 3.47. The summed E-state index contributed by atoms with van der Waals surface area (Å²) < 4.78 is 10.5. The van der Waals surface area contributed by atoms with Crippen LogP contribution in [0.5, 0.6) is 11.5 Å². The summed E-state index contributed by atoms with van der Waals surface area (Å²) >= 11 is 0. The van der Waals surface area contributed by atoms with E-state index in [4.69, 9.17) is 9.47 Å². The normalized spacial score (nSPS) is 11.0. The number of amides is 1. The largest absolute Gasteiger partial charge is 0.493 e. The summed E-state index contributed by atoms with van der Waals surface area (Å²) in [5.74, 6) is 2.17. The van der Waals surface area contributed by atoms with E-state index in [1.54, 1.807) is 33.3 Å². The first-order chi connectivity index (χ1) is 12.2. The summed E-state index contributed by atoms with van der Waals surface area (Å²) in [5, 5.41) is 6.13. The Labute approximate surface area is 154 Å². The Bertz CT molecular complexity index is 785. The summed E-state index contributed by atoms with van der Waals surface area (Å²) in [4.78, 5) is 21.0. The van der Waals surface area contributed by atoms with Crippen molar-refractivity contribution in [1.29, 1.82) is 0 Å². The van der Waals surface area contributed by atoms with E-state index in [1.165, 1.54) is 0 Å². The molecule has 0 unspecified atom stereocenters. The average Bonchev–Trinajstić information content (AvgIpc) is 2.57. The number of carbonyl (C=O) groups excluding carboxylic acids is 1. The van der Waals surface area contributed by atoms with Crippen molar-refractivity contribution in [3.8, 4) is 11.5 Å². The number of anilines is 1. The summed E-state index contributed by atoms with van der Waals surface area (Å²) in [5.41, 5.74) is 1.06. The minimum atomic E-state index is -0.262. The number of methoxy groups -OCH3 is 2. The molecular weight excluding hydrogens is 332 g/mol. The van der Waals surface area contributed by atoms with Gasteiger partial charge in [0, 0.05) is 18.2 Å². The molecule has 1 aromatic carbocycles. The van der Waals surface area contributed by atoms with Gasteiger partial charge in [0.05, 0.1) is 14.2 Å². The zero-order chi connectivity index (χ0) is 19.3.